The van der Waals surface area contributed by atoms with Crippen LogP contribution in [0.5, 0.6) is 11.6 Å². The van der Waals surface area contributed by atoms with Crippen LogP contribution >= 0.6 is 11.9 Å². The summed E-state index contributed by atoms with van der Waals surface area (Å²) >= 11 is 1.06. The van der Waals surface area contributed by atoms with Crippen LogP contribution in [0.4, 0.5) is 11.6 Å². The second-order valence-electron chi connectivity index (χ2n) is 14.6. The van der Waals surface area contributed by atoms with Crippen LogP contribution in [0.3, 0.4) is 0 Å². The summed E-state index contributed by atoms with van der Waals surface area (Å²) in [5, 5.41) is 38.6. The lowest BCUT2D eigenvalue weighted by molar-refractivity contribution is -0.230. The van der Waals surface area contributed by atoms with Gasteiger partial charge in [0.05, 0.1) is 11.0 Å². The smallest absolute Gasteiger partial charge is 0.265 e. The number of nitrogens with one attached hydrogen (secondary N) is 2. The molecule has 15 heteroatoms. The molecule has 47 heavy (non-hydrogen) atoms. The van der Waals surface area contributed by atoms with Gasteiger partial charge in [-0.2, -0.15) is 0 Å². The Hall–Kier alpha value is -3.42. The minimum absolute atomic E-state index is 0.0147. The fourth-order valence-corrected chi connectivity index (χ4v) is 9.17. The lowest BCUT2D eigenvalue weighted by atomic mass is 9.58. The van der Waals surface area contributed by atoms with Crippen LogP contribution < -0.4 is 19.7 Å². The van der Waals surface area contributed by atoms with Crippen molar-refractivity contribution in [3.63, 3.8) is 0 Å². The molecule has 3 aliphatic carbocycles. The largest absolute Gasteiger partial charge is 0.504 e. The standard InChI is InChI=1S/C32H37B2N7O5S/c1-28(2)16-18-4-3-14-35-24-20(42)6-8-23(37-24)47-39-26(43)19-5-7-21(36-25(19)40(28)17-18)41-15-9-22(38-41)46-32(33,34)31(44,45)27-29(10-11-29)30(27)12-13-30/h5-9,15,18,27,42,44-45H,3-4,10-14,16-17H2,1-2H3,(H,35,37)(H,39,43). The summed E-state index contributed by atoms with van der Waals surface area (Å²) in [7, 11) is 12.5. The lowest BCUT2D eigenvalue weighted by Gasteiger charge is -2.40. The molecule has 4 radical (unpaired) electrons. The Bertz CT molecular complexity index is 1740. The first-order valence-corrected chi connectivity index (χ1v) is 17.1. The average Bonchev–Trinajstić information content (AvgIpc) is 3.97. The first-order valence-electron chi connectivity index (χ1n) is 16.2. The minimum atomic E-state index is -2.42. The highest BCUT2D eigenvalue weighted by Crippen LogP contribution is 2.94. The van der Waals surface area contributed by atoms with E-state index in [1.54, 1.807) is 36.5 Å². The maximum absolute atomic E-state index is 13.6. The number of pyridine rings is 2. The number of nitrogens with zero attached hydrogens (tertiary/aromatic N) is 5. The molecule has 2 spiro atoms. The number of anilines is 2. The molecule has 5 aliphatic rings. The van der Waals surface area contributed by atoms with Gasteiger partial charge in [-0.3, -0.25) is 9.52 Å². The number of amides is 1. The van der Waals surface area contributed by atoms with Crippen LogP contribution in [0.2, 0.25) is 0 Å². The summed E-state index contributed by atoms with van der Waals surface area (Å²) in [5.74, 6) is -1.41. The number of aromatic hydroxyl groups is 1. The number of rotatable bonds is 5. The van der Waals surface area contributed by atoms with E-state index in [1.165, 1.54) is 4.68 Å². The van der Waals surface area contributed by atoms with Crippen molar-refractivity contribution in [3.8, 4) is 17.4 Å². The maximum atomic E-state index is 13.6. The third kappa shape index (κ3) is 4.90. The molecule has 1 atom stereocenters. The fourth-order valence-electron chi connectivity index (χ4n) is 8.59. The highest BCUT2D eigenvalue weighted by atomic mass is 32.2. The Balaban J connectivity index is 1.08. The molecule has 5 N–H and O–H groups in total. The Morgan fingerprint density at radius 2 is 1.81 bits per heavy atom. The van der Waals surface area contributed by atoms with Gasteiger partial charge in [0.1, 0.15) is 26.5 Å². The highest BCUT2D eigenvalue weighted by Gasteiger charge is 2.91. The molecule has 3 aromatic heterocycles. The van der Waals surface area contributed by atoms with Crippen LogP contribution in [0.1, 0.15) is 69.2 Å². The molecule has 242 valence electrons. The number of aliphatic hydroxyl groups is 2. The summed E-state index contributed by atoms with van der Waals surface area (Å²) < 4.78 is 10.1. The molecule has 1 saturated heterocycles. The third-order valence-electron chi connectivity index (χ3n) is 11.1. The third-order valence-corrected chi connectivity index (χ3v) is 11.9. The van der Waals surface area contributed by atoms with Crippen LogP contribution in [0.25, 0.3) is 5.82 Å². The van der Waals surface area contributed by atoms with Gasteiger partial charge in [-0.05, 0) is 99.8 Å². The summed E-state index contributed by atoms with van der Waals surface area (Å²) in [6, 6.07) is 8.15. The molecule has 4 bridgehead atoms. The Morgan fingerprint density at radius 3 is 2.53 bits per heavy atom. The van der Waals surface area contributed by atoms with Crippen molar-refractivity contribution in [2.45, 2.75) is 80.5 Å². The van der Waals surface area contributed by atoms with Crippen molar-refractivity contribution in [1.29, 1.82) is 0 Å². The van der Waals surface area contributed by atoms with E-state index in [1.807, 2.05) is 0 Å². The summed E-state index contributed by atoms with van der Waals surface area (Å²) in [6.07, 6.45) is 8.17. The molecule has 5 heterocycles. The number of hydrogen-bond donors (Lipinski definition) is 5. The van der Waals surface area contributed by atoms with Crippen LogP contribution in [-0.4, -0.2) is 86.5 Å². The molecule has 8 rings (SSSR count). The van der Waals surface area contributed by atoms with Gasteiger partial charge in [-0.25, -0.2) is 14.6 Å². The molecule has 0 aromatic carbocycles. The van der Waals surface area contributed by atoms with Gasteiger partial charge in [0, 0.05) is 48.8 Å². The number of carbonyl (C=O) groups is 1. The molecule has 1 amide bonds. The number of carbonyl (C=O) groups excluding carboxylic acids is 1. The molecule has 12 nitrogen and oxygen atoms in total. The molecular weight excluding hydrogens is 616 g/mol. The molecule has 4 fully saturated rings. The van der Waals surface area contributed by atoms with Gasteiger partial charge < -0.3 is 30.3 Å². The quantitative estimate of drug-likeness (QED) is 0.157. The second kappa shape index (κ2) is 10.3. The van der Waals surface area contributed by atoms with E-state index in [4.69, 9.17) is 25.4 Å². The zero-order chi connectivity index (χ0) is 33.0. The average molecular weight is 653 g/mol. The Morgan fingerprint density at radius 1 is 1.06 bits per heavy atom. The minimum Gasteiger partial charge on any atom is -0.504 e. The topological polar surface area (TPSA) is 158 Å². The monoisotopic (exact) mass is 653 g/mol. The number of fused-ring (bicyclic) bond motifs is 7. The van der Waals surface area contributed by atoms with Gasteiger partial charge in [-0.1, -0.05) is 0 Å². The number of hydrogen-bond acceptors (Lipinski definition) is 11. The van der Waals surface area contributed by atoms with Gasteiger partial charge in [0.25, 0.3) is 5.91 Å². The molecular formula is C32H37B2N7O5S. The lowest BCUT2D eigenvalue weighted by Crippen LogP contribution is -2.61. The predicted molar refractivity (Wildman–Crippen MR) is 177 cm³/mol. The zero-order valence-electron chi connectivity index (χ0n) is 26.4. The Labute approximate surface area is 280 Å². The Kier molecular flexibility index (Phi) is 6.76. The number of ether oxygens (including phenoxy) is 1. The molecule has 2 aliphatic heterocycles. The van der Waals surface area contributed by atoms with Gasteiger partial charge in [-0.15, -0.1) is 5.10 Å². The fraction of sp³-hybridized carbons (Fsp3) is 0.562. The van der Waals surface area contributed by atoms with Crippen molar-refractivity contribution in [2.24, 2.45) is 22.7 Å². The number of aromatic nitrogens is 4. The first kappa shape index (κ1) is 30.9. The van der Waals surface area contributed by atoms with E-state index in [0.717, 1.165) is 56.9 Å². The van der Waals surface area contributed by atoms with Crippen LogP contribution in [0.15, 0.2) is 41.6 Å². The summed E-state index contributed by atoms with van der Waals surface area (Å²) in [6.45, 7) is 5.68. The first-order chi connectivity index (χ1) is 22.3. The second-order valence-corrected chi connectivity index (χ2v) is 15.4. The normalized spacial score (nSPS) is 24.1. The van der Waals surface area contributed by atoms with E-state index in [0.29, 0.717) is 47.1 Å². The molecule has 1 unspecified atom stereocenters. The van der Waals surface area contributed by atoms with Gasteiger partial charge in [0.15, 0.2) is 23.2 Å². The van der Waals surface area contributed by atoms with E-state index in [2.05, 4.69) is 38.9 Å². The van der Waals surface area contributed by atoms with Crippen LogP contribution in [0, 0.1) is 22.7 Å². The molecule has 3 saturated carbocycles. The van der Waals surface area contributed by atoms with E-state index in [9.17, 15) is 20.1 Å². The van der Waals surface area contributed by atoms with E-state index in [-0.39, 0.29) is 33.9 Å². The van der Waals surface area contributed by atoms with Crippen molar-refractivity contribution in [1.82, 2.24) is 24.5 Å². The molecule has 3 aromatic rings. The van der Waals surface area contributed by atoms with Crippen molar-refractivity contribution in [3.05, 3.63) is 42.1 Å². The van der Waals surface area contributed by atoms with Crippen molar-refractivity contribution in [2.75, 3.05) is 23.3 Å². The van der Waals surface area contributed by atoms with Gasteiger partial charge in [0.2, 0.25) is 5.88 Å². The van der Waals surface area contributed by atoms with Crippen molar-refractivity contribution < 1.29 is 24.9 Å². The van der Waals surface area contributed by atoms with Crippen molar-refractivity contribution >= 4 is 45.2 Å². The van der Waals surface area contributed by atoms with Crippen LogP contribution in [-0.2, 0) is 0 Å². The highest BCUT2D eigenvalue weighted by molar-refractivity contribution is 7.97. The summed E-state index contributed by atoms with van der Waals surface area (Å²) in [4.78, 5) is 25.3. The maximum Gasteiger partial charge on any atom is 0.265 e. The predicted octanol–water partition coefficient (Wildman–Crippen LogP) is 2.86. The van der Waals surface area contributed by atoms with Gasteiger partial charge >= 0.3 is 0 Å². The summed E-state index contributed by atoms with van der Waals surface area (Å²) in [5.41, 5.74) is -0.0354. The zero-order valence-corrected chi connectivity index (χ0v) is 27.3. The SMILES string of the molecule is [B]C([B])(Oc1ccn(-c2ccc3c(n2)N2CC(CCCNc4nc(ccc4O)SNC3=O)CC2(C)C)n1)C(O)(O)C1C2(CC2)C12CC2. The van der Waals surface area contributed by atoms with E-state index < -0.39 is 17.1 Å². The van der Waals surface area contributed by atoms with E-state index >= 15 is 0 Å².